The Morgan fingerprint density at radius 3 is 2.51 bits per heavy atom. The molecule has 35 heavy (non-hydrogen) atoms. The topological polar surface area (TPSA) is 99.8 Å². The Kier molecular flexibility index (Phi) is 5.72. The summed E-state index contributed by atoms with van der Waals surface area (Å²) in [5, 5.41) is 6.54. The molecule has 0 saturated heterocycles. The van der Waals surface area contributed by atoms with Crippen LogP contribution < -0.4 is 16.2 Å². The lowest BCUT2D eigenvalue weighted by atomic mass is 10.1. The van der Waals surface area contributed by atoms with Crippen molar-refractivity contribution in [2.45, 2.75) is 24.8 Å². The van der Waals surface area contributed by atoms with Crippen molar-refractivity contribution in [2.24, 2.45) is 0 Å². The molecule has 0 spiro atoms. The molecule has 0 atom stereocenters. The fourth-order valence-corrected chi connectivity index (χ4v) is 4.28. The van der Waals surface area contributed by atoms with Crippen molar-refractivity contribution in [1.29, 1.82) is 0 Å². The van der Waals surface area contributed by atoms with E-state index in [0.29, 0.717) is 51.5 Å². The predicted octanol–water partition coefficient (Wildman–Crippen LogP) is 4.20. The van der Waals surface area contributed by atoms with E-state index in [9.17, 15) is 18.4 Å². The van der Waals surface area contributed by atoms with Crippen molar-refractivity contribution in [3.05, 3.63) is 87.1 Å². The largest absolute Gasteiger partial charge is 0.369 e. The summed E-state index contributed by atoms with van der Waals surface area (Å²) in [6.45, 7) is 0. The van der Waals surface area contributed by atoms with Crippen molar-refractivity contribution in [3.63, 3.8) is 0 Å². The van der Waals surface area contributed by atoms with Crippen LogP contribution in [0.1, 0.15) is 24.2 Å². The highest BCUT2D eigenvalue weighted by Gasteiger charge is 2.49. The number of hydrogen-bond acceptors (Lipinski definition) is 5. The molecule has 1 saturated carbocycles. The average Bonchev–Trinajstić information content (AvgIpc) is 3.60. The number of fused-ring (bicyclic) bond motifs is 1. The van der Waals surface area contributed by atoms with Crippen molar-refractivity contribution < 1.29 is 13.6 Å². The number of hydrogen-bond donors (Lipinski definition) is 3. The zero-order chi connectivity index (χ0) is 24.7. The Hall–Kier alpha value is -3.85. The highest BCUT2D eigenvalue weighted by Crippen LogP contribution is 2.41. The first-order valence-corrected chi connectivity index (χ1v) is 11.3. The van der Waals surface area contributed by atoms with Crippen molar-refractivity contribution >= 4 is 34.1 Å². The van der Waals surface area contributed by atoms with E-state index < -0.39 is 17.2 Å². The monoisotopic (exact) mass is 495 g/mol. The minimum Gasteiger partial charge on any atom is -0.369 e. The SMILES string of the molecule is CNC(=O)C1(Nc2cc(Cl)cc3c(=O)[nH]c(Cc4ccc(-c5cc(F)cc(F)c5)nc4)nc23)CC1. The number of anilines is 1. The lowest BCUT2D eigenvalue weighted by molar-refractivity contribution is -0.122. The molecule has 4 aromatic rings. The second-order valence-corrected chi connectivity index (χ2v) is 8.97. The van der Waals surface area contributed by atoms with Gasteiger partial charge in [0.15, 0.2) is 0 Å². The lowest BCUT2D eigenvalue weighted by Crippen LogP contribution is -2.40. The van der Waals surface area contributed by atoms with Crippen molar-refractivity contribution in [3.8, 4) is 11.3 Å². The first kappa shape index (κ1) is 22.9. The quantitative estimate of drug-likeness (QED) is 0.372. The zero-order valence-electron chi connectivity index (χ0n) is 18.6. The van der Waals surface area contributed by atoms with Crippen LogP contribution in [0.15, 0.2) is 53.5 Å². The number of H-pyrrole nitrogens is 1. The molecule has 5 rings (SSSR count). The number of likely N-dealkylation sites (N-methyl/N-ethyl adjacent to an activating group) is 1. The van der Waals surface area contributed by atoms with E-state index in [0.717, 1.165) is 11.6 Å². The summed E-state index contributed by atoms with van der Waals surface area (Å²) in [5.74, 6) is -1.11. The molecule has 0 aliphatic heterocycles. The Bertz CT molecular complexity index is 1500. The van der Waals surface area contributed by atoms with E-state index in [-0.39, 0.29) is 17.9 Å². The third kappa shape index (κ3) is 4.59. The number of benzene rings is 2. The summed E-state index contributed by atoms with van der Waals surface area (Å²) in [4.78, 5) is 36.8. The van der Waals surface area contributed by atoms with E-state index in [1.807, 2.05) is 0 Å². The van der Waals surface area contributed by atoms with Gasteiger partial charge in [0, 0.05) is 36.3 Å². The molecule has 1 fully saturated rings. The molecule has 3 N–H and O–H groups in total. The Morgan fingerprint density at radius 1 is 1.14 bits per heavy atom. The van der Waals surface area contributed by atoms with Gasteiger partial charge in [-0.05, 0) is 48.7 Å². The van der Waals surface area contributed by atoms with E-state index in [1.165, 1.54) is 18.2 Å². The van der Waals surface area contributed by atoms with Crippen LogP contribution in [-0.2, 0) is 11.2 Å². The number of nitrogens with one attached hydrogen (secondary N) is 3. The van der Waals surface area contributed by atoms with E-state index in [4.69, 9.17) is 11.6 Å². The van der Waals surface area contributed by atoms with E-state index >= 15 is 0 Å². The predicted molar refractivity (Wildman–Crippen MR) is 129 cm³/mol. The first-order valence-electron chi connectivity index (χ1n) is 10.9. The highest BCUT2D eigenvalue weighted by atomic mass is 35.5. The van der Waals surface area contributed by atoms with Gasteiger partial charge in [-0.1, -0.05) is 17.7 Å². The Labute approximate surface area is 203 Å². The molecule has 1 amide bonds. The van der Waals surface area contributed by atoms with Crippen LogP contribution in [-0.4, -0.2) is 33.4 Å². The van der Waals surface area contributed by atoms with Gasteiger partial charge in [0.25, 0.3) is 5.56 Å². The fraction of sp³-hybridized carbons (Fsp3) is 0.200. The van der Waals surface area contributed by atoms with Gasteiger partial charge >= 0.3 is 0 Å². The van der Waals surface area contributed by atoms with Crippen molar-refractivity contribution in [2.75, 3.05) is 12.4 Å². The van der Waals surface area contributed by atoms with Crippen molar-refractivity contribution in [1.82, 2.24) is 20.3 Å². The Morgan fingerprint density at radius 2 is 1.89 bits per heavy atom. The third-order valence-electron chi connectivity index (χ3n) is 5.96. The second-order valence-electron chi connectivity index (χ2n) is 8.53. The molecular formula is C25H20ClF2N5O2. The smallest absolute Gasteiger partial charge is 0.258 e. The van der Waals surface area contributed by atoms with Gasteiger partial charge in [0.05, 0.1) is 16.8 Å². The molecule has 10 heteroatoms. The van der Waals surface area contributed by atoms with Crippen LogP contribution in [0.25, 0.3) is 22.2 Å². The maximum absolute atomic E-state index is 13.5. The molecule has 7 nitrogen and oxygen atoms in total. The molecule has 2 aromatic carbocycles. The maximum Gasteiger partial charge on any atom is 0.258 e. The van der Waals surface area contributed by atoms with Crippen LogP contribution >= 0.6 is 11.6 Å². The number of pyridine rings is 1. The van der Waals surface area contributed by atoms with Crippen LogP contribution in [0, 0.1) is 11.6 Å². The zero-order valence-corrected chi connectivity index (χ0v) is 19.3. The molecule has 2 heterocycles. The number of aromatic amines is 1. The summed E-state index contributed by atoms with van der Waals surface area (Å²) in [7, 11) is 1.57. The molecule has 0 radical (unpaired) electrons. The molecule has 1 aliphatic carbocycles. The number of rotatable bonds is 6. The maximum atomic E-state index is 13.5. The molecule has 1 aliphatic rings. The average molecular weight is 496 g/mol. The fourth-order valence-electron chi connectivity index (χ4n) is 4.06. The highest BCUT2D eigenvalue weighted by molar-refractivity contribution is 6.31. The number of halogens is 3. The summed E-state index contributed by atoms with van der Waals surface area (Å²) in [6.07, 6.45) is 3.14. The van der Waals surface area contributed by atoms with Gasteiger partial charge < -0.3 is 15.6 Å². The molecule has 0 unspecified atom stereocenters. The minimum atomic E-state index is -0.743. The Balaban J connectivity index is 1.47. The van der Waals surface area contributed by atoms with Gasteiger partial charge in [-0.25, -0.2) is 13.8 Å². The number of carbonyl (C=O) groups excluding carboxylic acids is 1. The van der Waals surface area contributed by atoms with E-state index in [2.05, 4.69) is 25.6 Å². The van der Waals surface area contributed by atoms with Gasteiger partial charge in [-0.3, -0.25) is 14.6 Å². The van der Waals surface area contributed by atoms with Gasteiger partial charge in [0.1, 0.15) is 28.5 Å². The number of aromatic nitrogens is 3. The lowest BCUT2D eigenvalue weighted by Gasteiger charge is -2.18. The van der Waals surface area contributed by atoms with Gasteiger partial charge in [-0.2, -0.15) is 0 Å². The number of carbonyl (C=O) groups is 1. The summed E-state index contributed by atoms with van der Waals surface area (Å²) in [5.41, 5.74) is 1.28. The molecule has 0 bridgehead atoms. The van der Waals surface area contributed by atoms with Gasteiger partial charge in [0.2, 0.25) is 5.91 Å². The van der Waals surface area contributed by atoms with Crippen LogP contribution in [0.4, 0.5) is 14.5 Å². The summed E-state index contributed by atoms with van der Waals surface area (Å²) in [6, 6.07) is 9.80. The number of nitrogens with zero attached hydrogens (tertiary/aromatic N) is 2. The third-order valence-corrected chi connectivity index (χ3v) is 6.18. The number of amides is 1. The molecular weight excluding hydrogens is 476 g/mol. The summed E-state index contributed by atoms with van der Waals surface area (Å²) < 4.78 is 27.1. The van der Waals surface area contributed by atoms with Gasteiger partial charge in [-0.15, -0.1) is 0 Å². The van der Waals surface area contributed by atoms with E-state index in [1.54, 1.807) is 31.4 Å². The van der Waals surface area contributed by atoms with Crippen LogP contribution in [0.3, 0.4) is 0 Å². The normalized spacial score (nSPS) is 14.1. The van der Waals surface area contributed by atoms with Crippen LogP contribution in [0.5, 0.6) is 0 Å². The molecule has 178 valence electrons. The first-order chi connectivity index (χ1) is 16.8. The minimum absolute atomic E-state index is 0.139. The second kappa shape index (κ2) is 8.74. The summed E-state index contributed by atoms with van der Waals surface area (Å²) >= 11 is 6.24. The molecule has 2 aromatic heterocycles. The standard InChI is InChI=1S/C25H20ClF2N5O2/c1-29-24(35)25(4-5-25)33-20-10-15(26)9-18-22(20)31-21(32-23(18)34)6-13-2-3-19(30-12-13)14-7-16(27)11-17(28)8-14/h2-3,7-12,33H,4-6H2,1H3,(H,29,35)(H,31,32,34). The van der Waals surface area contributed by atoms with Crippen LogP contribution in [0.2, 0.25) is 5.02 Å².